The van der Waals surface area contributed by atoms with E-state index in [1.165, 1.54) is 22.4 Å². The summed E-state index contributed by atoms with van der Waals surface area (Å²) in [6.07, 6.45) is 1.58. The summed E-state index contributed by atoms with van der Waals surface area (Å²) in [5.41, 5.74) is 4.90. The number of amides is 1. The van der Waals surface area contributed by atoms with Gasteiger partial charge >= 0.3 is 0 Å². The SMILES string of the molecule is COc1ccc2c(c1)N1CCN(Cc3ccc(Cl)cc3)CC1C(C(=O)NCCc1ccccc1)C2. The number of carbonyl (C=O) groups excluding carboxylic acids is 1. The Kier molecular flexibility index (Phi) is 7.26. The molecule has 1 saturated heterocycles. The zero-order valence-electron chi connectivity index (χ0n) is 20.1. The Morgan fingerprint density at radius 2 is 1.83 bits per heavy atom. The summed E-state index contributed by atoms with van der Waals surface area (Å²) >= 11 is 6.08. The lowest BCUT2D eigenvalue weighted by Crippen LogP contribution is -2.61. The highest BCUT2D eigenvalue weighted by Crippen LogP contribution is 2.38. The third kappa shape index (κ3) is 5.47. The predicted molar refractivity (Wildman–Crippen MR) is 141 cm³/mol. The molecule has 1 amide bonds. The molecular weight excluding hydrogens is 458 g/mol. The molecule has 5 rings (SSSR count). The number of piperazine rings is 1. The van der Waals surface area contributed by atoms with Gasteiger partial charge in [-0.05, 0) is 47.7 Å². The number of fused-ring (bicyclic) bond motifs is 3. The van der Waals surface area contributed by atoms with E-state index < -0.39 is 0 Å². The number of hydrogen-bond acceptors (Lipinski definition) is 4. The molecule has 2 aliphatic rings. The molecule has 182 valence electrons. The van der Waals surface area contributed by atoms with Crippen molar-refractivity contribution in [2.75, 3.05) is 38.2 Å². The van der Waals surface area contributed by atoms with Gasteiger partial charge in [-0.2, -0.15) is 0 Å². The molecule has 0 radical (unpaired) electrons. The molecule has 1 fully saturated rings. The van der Waals surface area contributed by atoms with Crippen molar-refractivity contribution in [3.63, 3.8) is 0 Å². The average molecular weight is 490 g/mol. The number of anilines is 1. The van der Waals surface area contributed by atoms with E-state index in [0.29, 0.717) is 6.54 Å². The van der Waals surface area contributed by atoms with E-state index in [-0.39, 0.29) is 17.9 Å². The van der Waals surface area contributed by atoms with Crippen LogP contribution in [-0.2, 0) is 24.2 Å². The van der Waals surface area contributed by atoms with E-state index in [9.17, 15) is 4.79 Å². The second-order valence-corrected chi connectivity index (χ2v) is 9.89. The second kappa shape index (κ2) is 10.7. The van der Waals surface area contributed by atoms with Gasteiger partial charge in [-0.1, -0.05) is 60.1 Å². The van der Waals surface area contributed by atoms with Gasteiger partial charge in [-0.3, -0.25) is 9.69 Å². The van der Waals surface area contributed by atoms with Gasteiger partial charge in [0.1, 0.15) is 5.75 Å². The molecule has 3 aromatic rings. The van der Waals surface area contributed by atoms with Gasteiger partial charge in [-0.15, -0.1) is 0 Å². The van der Waals surface area contributed by atoms with Crippen LogP contribution in [0.25, 0.3) is 0 Å². The normalized spacial score (nSPS) is 19.5. The molecule has 2 atom stereocenters. The molecule has 0 aromatic heterocycles. The summed E-state index contributed by atoms with van der Waals surface area (Å²) in [6, 6.07) is 24.7. The van der Waals surface area contributed by atoms with E-state index in [0.717, 1.165) is 49.8 Å². The Labute approximate surface area is 212 Å². The lowest BCUT2D eigenvalue weighted by atomic mass is 9.83. The predicted octanol–water partition coefficient (Wildman–Crippen LogP) is 4.57. The van der Waals surface area contributed by atoms with Gasteiger partial charge in [0.2, 0.25) is 5.91 Å². The molecule has 1 N–H and O–H groups in total. The van der Waals surface area contributed by atoms with Crippen LogP contribution in [0.15, 0.2) is 72.8 Å². The fourth-order valence-electron chi connectivity index (χ4n) is 5.36. The molecule has 0 saturated carbocycles. The van der Waals surface area contributed by atoms with Crippen LogP contribution in [0.5, 0.6) is 5.75 Å². The minimum absolute atomic E-state index is 0.0975. The number of nitrogens with zero attached hydrogens (tertiary/aromatic N) is 2. The minimum atomic E-state index is -0.0975. The van der Waals surface area contributed by atoms with Crippen molar-refractivity contribution < 1.29 is 9.53 Å². The fraction of sp³-hybridized carbons (Fsp3) is 0.345. The minimum Gasteiger partial charge on any atom is -0.497 e. The Bertz CT molecular complexity index is 1150. The number of hydrogen-bond donors (Lipinski definition) is 1. The van der Waals surface area contributed by atoms with E-state index in [4.69, 9.17) is 16.3 Å². The highest BCUT2D eigenvalue weighted by molar-refractivity contribution is 6.30. The quantitative estimate of drug-likeness (QED) is 0.528. The Morgan fingerprint density at radius 3 is 2.60 bits per heavy atom. The summed E-state index contributed by atoms with van der Waals surface area (Å²) in [5.74, 6) is 0.905. The number of benzene rings is 3. The van der Waals surface area contributed by atoms with Crippen LogP contribution in [0.1, 0.15) is 16.7 Å². The highest BCUT2D eigenvalue weighted by atomic mass is 35.5. The van der Waals surface area contributed by atoms with Crippen LogP contribution < -0.4 is 15.0 Å². The molecule has 5 nitrogen and oxygen atoms in total. The van der Waals surface area contributed by atoms with Gasteiger partial charge in [0.15, 0.2) is 0 Å². The van der Waals surface area contributed by atoms with Gasteiger partial charge < -0.3 is 15.0 Å². The molecule has 2 unspecified atom stereocenters. The largest absolute Gasteiger partial charge is 0.497 e. The van der Waals surface area contributed by atoms with E-state index in [2.05, 4.69) is 51.5 Å². The first kappa shape index (κ1) is 23.7. The van der Waals surface area contributed by atoms with Crippen LogP contribution in [0.3, 0.4) is 0 Å². The van der Waals surface area contributed by atoms with Crippen molar-refractivity contribution in [3.05, 3.63) is 94.5 Å². The van der Waals surface area contributed by atoms with Crippen molar-refractivity contribution in [2.24, 2.45) is 5.92 Å². The van der Waals surface area contributed by atoms with Crippen LogP contribution in [0.2, 0.25) is 5.02 Å². The van der Waals surface area contributed by atoms with Gasteiger partial charge in [0, 0.05) is 49.5 Å². The van der Waals surface area contributed by atoms with E-state index in [1.54, 1.807) is 7.11 Å². The third-order valence-corrected chi connectivity index (χ3v) is 7.47. The number of methoxy groups -OCH3 is 1. The van der Waals surface area contributed by atoms with Crippen LogP contribution in [0.4, 0.5) is 5.69 Å². The smallest absolute Gasteiger partial charge is 0.225 e. The summed E-state index contributed by atoms with van der Waals surface area (Å²) in [5, 5.41) is 3.99. The molecule has 0 bridgehead atoms. The van der Waals surface area contributed by atoms with Crippen LogP contribution >= 0.6 is 11.6 Å². The fourth-order valence-corrected chi connectivity index (χ4v) is 5.49. The molecule has 0 spiro atoms. The van der Waals surface area contributed by atoms with Gasteiger partial charge in [0.25, 0.3) is 0 Å². The maximum Gasteiger partial charge on any atom is 0.225 e. The lowest BCUT2D eigenvalue weighted by Gasteiger charge is -2.49. The highest BCUT2D eigenvalue weighted by Gasteiger charge is 2.41. The Hall–Kier alpha value is -3.02. The van der Waals surface area contributed by atoms with Gasteiger partial charge in [-0.25, -0.2) is 0 Å². The maximum atomic E-state index is 13.5. The van der Waals surface area contributed by atoms with E-state index >= 15 is 0 Å². The van der Waals surface area contributed by atoms with Crippen molar-refractivity contribution in [1.82, 2.24) is 10.2 Å². The van der Waals surface area contributed by atoms with Crippen molar-refractivity contribution >= 4 is 23.2 Å². The monoisotopic (exact) mass is 489 g/mol. The van der Waals surface area contributed by atoms with Crippen molar-refractivity contribution in [2.45, 2.75) is 25.4 Å². The maximum absolute atomic E-state index is 13.5. The summed E-state index contributed by atoms with van der Waals surface area (Å²) in [6.45, 7) is 4.17. The van der Waals surface area contributed by atoms with Gasteiger partial charge in [0.05, 0.1) is 19.1 Å². The standard InChI is InChI=1S/C29H32ClN3O2/c1-35-25-12-9-23-17-26(29(34)31-14-13-21-5-3-2-4-6-21)28-20-32(15-16-33(28)27(23)18-25)19-22-7-10-24(30)11-8-22/h2-12,18,26,28H,13-17,19-20H2,1H3,(H,31,34). The first-order valence-electron chi connectivity index (χ1n) is 12.3. The van der Waals surface area contributed by atoms with Crippen molar-refractivity contribution in [3.8, 4) is 5.75 Å². The number of nitrogens with one attached hydrogen (secondary N) is 1. The molecule has 6 heteroatoms. The third-order valence-electron chi connectivity index (χ3n) is 7.22. The topological polar surface area (TPSA) is 44.8 Å². The molecule has 35 heavy (non-hydrogen) atoms. The Balaban J connectivity index is 1.33. The molecular formula is C29H32ClN3O2. The second-order valence-electron chi connectivity index (χ2n) is 9.45. The van der Waals surface area contributed by atoms with Crippen molar-refractivity contribution in [1.29, 1.82) is 0 Å². The molecule has 3 aromatic carbocycles. The first-order chi connectivity index (χ1) is 17.1. The average Bonchev–Trinajstić information content (AvgIpc) is 2.89. The Morgan fingerprint density at radius 1 is 1.03 bits per heavy atom. The van der Waals surface area contributed by atoms with Crippen LogP contribution in [0, 0.1) is 5.92 Å². The summed E-state index contributed by atoms with van der Waals surface area (Å²) < 4.78 is 5.51. The molecule has 0 aliphatic carbocycles. The lowest BCUT2D eigenvalue weighted by molar-refractivity contribution is -0.126. The zero-order valence-corrected chi connectivity index (χ0v) is 20.9. The summed E-state index contributed by atoms with van der Waals surface area (Å²) in [4.78, 5) is 18.4. The van der Waals surface area contributed by atoms with E-state index in [1.807, 2.05) is 36.4 Å². The molecule has 2 aliphatic heterocycles. The van der Waals surface area contributed by atoms with Crippen LogP contribution in [-0.4, -0.2) is 50.1 Å². The number of halogens is 1. The molecule has 2 heterocycles. The number of rotatable bonds is 7. The first-order valence-corrected chi connectivity index (χ1v) is 12.7. The zero-order chi connectivity index (χ0) is 24.2. The number of carbonyl (C=O) groups is 1. The number of ether oxygens (including phenoxy) is 1. The summed E-state index contributed by atoms with van der Waals surface area (Å²) in [7, 11) is 1.70.